The number of nitrogens with zero attached hydrogens (tertiary/aromatic N) is 2. The van der Waals surface area contributed by atoms with Gasteiger partial charge in [-0.3, -0.25) is 4.79 Å². The number of carbonyl (C=O) groups is 1. The number of para-hydroxylation sites is 1. The lowest BCUT2D eigenvalue weighted by Crippen LogP contribution is -2.17. The number of benzene rings is 2. The molecule has 0 unspecified atom stereocenters. The van der Waals surface area contributed by atoms with Crippen LogP contribution in [0.1, 0.15) is 17.4 Å². The average molecular weight is 322 g/mol. The SMILES string of the molecule is O=C(OCc1nc(-c2ccccc2)no1)[C@@H]1COc2ccccc21. The predicted molar refractivity (Wildman–Crippen MR) is 84.2 cm³/mol. The van der Waals surface area contributed by atoms with Gasteiger partial charge >= 0.3 is 5.97 Å². The normalized spacial score (nSPS) is 15.6. The molecule has 2 aromatic carbocycles. The van der Waals surface area contributed by atoms with Gasteiger partial charge in [0.15, 0.2) is 6.61 Å². The van der Waals surface area contributed by atoms with E-state index in [1.807, 2.05) is 54.6 Å². The van der Waals surface area contributed by atoms with Crippen molar-refractivity contribution >= 4 is 5.97 Å². The van der Waals surface area contributed by atoms with E-state index in [2.05, 4.69) is 10.1 Å². The standard InChI is InChI=1S/C18H14N2O4/c21-18(14-10-22-15-9-5-4-8-13(14)15)23-11-16-19-17(20-24-16)12-6-2-1-3-7-12/h1-9,14H,10-11H2/t14-/m1/s1. The van der Waals surface area contributed by atoms with Crippen LogP contribution >= 0.6 is 0 Å². The molecule has 6 nitrogen and oxygen atoms in total. The van der Waals surface area contributed by atoms with E-state index in [9.17, 15) is 4.79 Å². The van der Waals surface area contributed by atoms with Crippen LogP contribution in [0.25, 0.3) is 11.4 Å². The van der Waals surface area contributed by atoms with E-state index in [-0.39, 0.29) is 25.1 Å². The Morgan fingerprint density at radius 3 is 2.79 bits per heavy atom. The highest BCUT2D eigenvalue weighted by Crippen LogP contribution is 2.34. The summed E-state index contributed by atoms with van der Waals surface area (Å²) in [5, 5.41) is 3.90. The van der Waals surface area contributed by atoms with Crippen molar-refractivity contribution in [2.75, 3.05) is 6.61 Å². The molecule has 0 aliphatic carbocycles. The lowest BCUT2D eigenvalue weighted by atomic mass is 10.0. The van der Waals surface area contributed by atoms with Crippen molar-refractivity contribution in [2.24, 2.45) is 0 Å². The summed E-state index contributed by atoms with van der Waals surface area (Å²) in [4.78, 5) is 16.5. The molecule has 0 bridgehead atoms. The summed E-state index contributed by atoms with van der Waals surface area (Å²) in [7, 11) is 0. The molecule has 3 aromatic rings. The van der Waals surface area contributed by atoms with Gasteiger partial charge in [-0.05, 0) is 6.07 Å². The number of hydrogen-bond acceptors (Lipinski definition) is 6. The minimum Gasteiger partial charge on any atom is -0.492 e. The molecule has 24 heavy (non-hydrogen) atoms. The molecule has 1 aliphatic rings. The third-order valence-corrected chi connectivity index (χ3v) is 3.82. The fraction of sp³-hybridized carbons (Fsp3) is 0.167. The summed E-state index contributed by atoms with van der Waals surface area (Å²) in [5.41, 5.74) is 1.69. The van der Waals surface area contributed by atoms with Gasteiger partial charge < -0.3 is 14.0 Å². The van der Waals surface area contributed by atoms with Crippen LogP contribution in [0, 0.1) is 0 Å². The Morgan fingerprint density at radius 2 is 1.92 bits per heavy atom. The highest BCUT2D eigenvalue weighted by molar-refractivity contribution is 5.80. The molecule has 2 heterocycles. The minimum absolute atomic E-state index is 0.0582. The van der Waals surface area contributed by atoms with Crippen LogP contribution in [-0.2, 0) is 16.1 Å². The lowest BCUT2D eigenvalue weighted by molar-refractivity contribution is -0.147. The summed E-state index contributed by atoms with van der Waals surface area (Å²) >= 11 is 0. The van der Waals surface area contributed by atoms with Crippen LogP contribution in [0.5, 0.6) is 5.75 Å². The van der Waals surface area contributed by atoms with Gasteiger partial charge in [0.1, 0.15) is 18.3 Å². The first-order valence-electron chi connectivity index (χ1n) is 7.57. The smallest absolute Gasteiger partial charge is 0.317 e. The Balaban J connectivity index is 1.41. The first-order chi connectivity index (χ1) is 11.8. The largest absolute Gasteiger partial charge is 0.492 e. The Bertz CT molecular complexity index is 860. The maximum atomic E-state index is 12.3. The second-order valence-electron chi connectivity index (χ2n) is 5.39. The number of carbonyl (C=O) groups excluding carboxylic acids is 1. The van der Waals surface area contributed by atoms with Gasteiger partial charge in [-0.2, -0.15) is 4.98 Å². The molecule has 0 fully saturated rings. The minimum atomic E-state index is -0.419. The quantitative estimate of drug-likeness (QED) is 0.688. The zero-order chi connectivity index (χ0) is 16.4. The molecule has 1 aliphatic heterocycles. The summed E-state index contributed by atoms with van der Waals surface area (Å²) < 4.78 is 15.9. The Hall–Kier alpha value is -3.15. The van der Waals surface area contributed by atoms with Crippen molar-refractivity contribution in [2.45, 2.75) is 12.5 Å². The van der Waals surface area contributed by atoms with Crippen LogP contribution in [0.3, 0.4) is 0 Å². The zero-order valence-corrected chi connectivity index (χ0v) is 12.7. The third-order valence-electron chi connectivity index (χ3n) is 3.82. The molecular formula is C18H14N2O4. The number of rotatable bonds is 4. The van der Waals surface area contributed by atoms with E-state index in [0.29, 0.717) is 5.82 Å². The highest BCUT2D eigenvalue weighted by atomic mass is 16.6. The number of fused-ring (bicyclic) bond motifs is 1. The van der Waals surface area contributed by atoms with Gasteiger partial charge in [-0.1, -0.05) is 53.7 Å². The van der Waals surface area contributed by atoms with Gasteiger partial charge in [-0.25, -0.2) is 0 Å². The first kappa shape index (κ1) is 14.4. The van der Waals surface area contributed by atoms with Crippen LogP contribution in [-0.4, -0.2) is 22.7 Å². The second kappa shape index (κ2) is 6.16. The Labute approximate surface area is 138 Å². The van der Waals surface area contributed by atoms with E-state index in [0.717, 1.165) is 16.9 Å². The van der Waals surface area contributed by atoms with Crippen molar-refractivity contribution < 1.29 is 18.8 Å². The van der Waals surface area contributed by atoms with Crippen LogP contribution in [0.15, 0.2) is 59.1 Å². The first-order valence-corrected chi connectivity index (χ1v) is 7.57. The van der Waals surface area contributed by atoms with Crippen molar-refractivity contribution in [3.8, 4) is 17.1 Å². The third kappa shape index (κ3) is 2.74. The summed E-state index contributed by atoms with van der Waals surface area (Å²) in [5.74, 6) is 0.673. The molecule has 0 saturated heterocycles. The van der Waals surface area contributed by atoms with Crippen LogP contribution in [0.4, 0.5) is 0 Å². The van der Waals surface area contributed by atoms with E-state index >= 15 is 0 Å². The van der Waals surface area contributed by atoms with E-state index in [1.165, 1.54) is 0 Å². The van der Waals surface area contributed by atoms with Crippen molar-refractivity contribution in [1.82, 2.24) is 10.1 Å². The maximum absolute atomic E-state index is 12.3. The molecule has 0 radical (unpaired) electrons. The molecular weight excluding hydrogens is 308 g/mol. The van der Waals surface area contributed by atoms with Crippen LogP contribution < -0.4 is 4.74 Å². The highest BCUT2D eigenvalue weighted by Gasteiger charge is 2.31. The fourth-order valence-corrected chi connectivity index (χ4v) is 2.61. The van der Waals surface area contributed by atoms with Gasteiger partial charge in [0.05, 0.1) is 0 Å². The van der Waals surface area contributed by atoms with Gasteiger partial charge in [-0.15, -0.1) is 0 Å². The number of ether oxygens (including phenoxy) is 2. The molecule has 0 spiro atoms. The second-order valence-corrected chi connectivity index (χ2v) is 5.39. The summed E-state index contributed by atoms with van der Waals surface area (Å²) in [6, 6.07) is 16.9. The Morgan fingerprint density at radius 1 is 1.12 bits per heavy atom. The molecule has 1 atom stereocenters. The summed E-state index contributed by atoms with van der Waals surface area (Å²) in [6.45, 7) is 0.231. The zero-order valence-electron chi connectivity index (χ0n) is 12.7. The van der Waals surface area contributed by atoms with Gasteiger partial charge in [0.25, 0.3) is 5.89 Å². The van der Waals surface area contributed by atoms with Gasteiger partial charge in [0, 0.05) is 11.1 Å². The summed E-state index contributed by atoms with van der Waals surface area (Å²) in [6.07, 6.45) is 0. The fourth-order valence-electron chi connectivity index (χ4n) is 2.61. The van der Waals surface area contributed by atoms with Crippen LogP contribution in [0.2, 0.25) is 0 Å². The molecule has 0 saturated carbocycles. The predicted octanol–water partition coefficient (Wildman–Crippen LogP) is 2.96. The molecule has 1 aromatic heterocycles. The van der Waals surface area contributed by atoms with Crippen molar-refractivity contribution in [1.29, 1.82) is 0 Å². The number of esters is 1. The average Bonchev–Trinajstić information content (AvgIpc) is 3.27. The number of aromatic nitrogens is 2. The molecule has 4 rings (SSSR count). The maximum Gasteiger partial charge on any atom is 0.317 e. The van der Waals surface area contributed by atoms with Crippen molar-refractivity contribution in [3.63, 3.8) is 0 Å². The van der Waals surface area contributed by atoms with E-state index in [4.69, 9.17) is 14.0 Å². The van der Waals surface area contributed by atoms with Gasteiger partial charge in [0.2, 0.25) is 5.82 Å². The van der Waals surface area contributed by atoms with E-state index < -0.39 is 5.92 Å². The molecule has 0 N–H and O–H groups in total. The van der Waals surface area contributed by atoms with E-state index in [1.54, 1.807) is 0 Å². The topological polar surface area (TPSA) is 74.5 Å². The Kier molecular flexibility index (Phi) is 3.70. The molecule has 6 heteroatoms. The molecule has 0 amide bonds. The monoisotopic (exact) mass is 322 g/mol. The number of hydrogen-bond donors (Lipinski definition) is 0. The molecule has 120 valence electrons. The van der Waals surface area contributed by atoms with Crippen molar-refractivity contribution in [3.05, 3.63) is 66.1 Å². The lowest BCUT2D eigenvalue weighted by Gasteiger charge is -2.07.